The van der Waals surface area contributed by atoms with Crippen LogP contribution in [-0.4, -0.2) is 29.2 Å². The number of benzene rings is 1. The lowest BCUT2D eigenvalue weighted by molar-refractivity contribution is -0.0501. The second kappa shape index (κ2) is 6.44. The number of aromatic nitrogens is 2. The fourth-order valence-corrected chi connectivity index (χ4v) is 2.81. The maximum absolute atomic E-state index is 6.33. The molecule has 1 aromatic carbocycles. The van der Waals surface area contributed by atoms with Crippen LogP contribution in [0.25, 0.3) is 0 Å². The van der Waals surface area contributed by atoms with Gasteiger partial charge in [0, 0.05) is 24.8 Å². The van der Waals surface area contributed by atoms with Gasteiger partial charge in [0.2, 0.25) is 0 Å². The van der Waals surface area contributed by atoms with Crippen molar-refractivity contribution in [2.24, 2.45) is 5.92 Å². The minimum absolute atomic E-state index is 0.0811. The molecule has 0 bridgehead atoms. The highest BCUT2D eigenvalue weighted by Crippen LogP contribution is 2.30. The third-order valence-corrected chi connectivity index (χ3v) is 4.15. The number of hydrogen-bond donors (Lipinski definition) is 0. The van der Waals surface area contributed by atoms with E-state index in [-0.39, 0.29) is 12.2 Å². The Hall–Kier alpha value is -1.94. The normalized spacial score (nSPS) is 22.1. The van der Waals surface area contributed by atoms with Crippen LogP contribution in [0.5, 0.6) is 0 Å². The predicted molar refractivity (Wildman–Crippen MR) is 87.9 cm³/mol. The lowest BCUT2D eigenvalue weighted by Crippen LogP contribution is -2.46. The molecule has 0 radical (unpaired) electrons. The van der Waals surface area contributed by atoms with Crippen LogP contribution in [0, 0.1) is 12.8 Å². The Balaban J connectivity index is 1.87. The molecule has 0 unspecified atom stereocenters. The van der Waals surface area contributed by atoms with Crippen molar-refractivity contribution in [2.45, 2.75) is 33.0 Å². The van der Waals surface area contributed by atoms with E-state index in [1.807, 2.05) is 19.1 Å². The highest BCUT2D eigenvalue weighted by molar-refractivity contribution is 5.40. The molecule has 3 rings (SSSR count). The summed E-state index contributed by atoms with van der Waals surface area (Å²) in [5.74, 6) is 1.46. The Labute approximate surface area is 132 Å². The van der Waals surface area contributed by atoms with Crippen molar-refractivity contribution in [1.29, 1.82) is 0 Å². The quantitative estimate of drug-likeness (QED) is 0.870. The number of hydrogen-bond acceptors (Lipinski definition) is 4. The minimum Gasteiger partial charge on any atom is -0.366 e. The van der Waals surface area contributed by atoms with E-state index in [1.165, 1.54) is 5.56 Å². The fourth-order valence-electron chi connectivity index (χ4n) is 2.81. The summed E-state index contributed by atoms with van der Waals surface area (Å²) in [4.78, 5) is 11.0. The second-order valence-electron chi connectivity index (χ2n) is 6.24. The van der Waals surface area contributed by atoms with Crippen LogP contribution in [0.15, 0.2) is 42.7 Å². The maximum Gasteiger partial charge on any atom is 0.132 e. The number of ether oxygens (including phenoxy) is 1. The average Bonchev–Trinajstić information content (AvgIpc) is 2.55. The Morgan fingerprint density at radius 3 is 2.59 bits per heavy atom. The van der Waals surface area contributed by atoms with Crippen molar-refractivity contribution in [3.05, 3.63) is 54.0 Å². The van der Waals surface area contributed by atoms with Gasteiger partial charge in [0.05, 0.1) is 6.10 Å². The largest absolute Gasteiger partial charge is 0.366 e. The van der Waals surface area contributed by atoms with Crippen molar-refractivity contribution in [3.63, 3.8) is 0 Å². The molecule has 1 fully saturated rings. The average molecular weight is 297 g/mol. The lowest BCUT2D eigenvalue weighted by atomic mass is 10.0. The van der Waals surface area contributed by atoms with Gasteiger partial charge in [-0.3, -0.25) is 0 Å². The molecule has 1 aliphatic rings. The van der Waals surface area contributed by atoms with Crippen molar-refractivity contribution in [1.82, 2.24) is 9.97 Å². The molecular weight excluding hydrogens is 274 g/mol. The molecule has 1 saturated heterocycles. The zero-order valence-electron chi connectivity index (χ0n) is 13.4. The summed E-state index contributed by atoms with van der Waals surface area (Å²) in [6.45, 7) is 8.12. The molecule has 2 aromatic rings. The number of anilines is 1. The van der Waals surface area contributed by atoms with E-state index >= 15 is 0 Å². The van der Waals surface area contributed by atoms with Crippen LogP contribution in [0.3, 0.4) is 0 Å². The fraction of sp³-hybridized carbons (Fsp3) is 0.444. The molecule has 2 heterocycles. The summed E-state index contributed by atoms with van der Waals surface area (Å²) in [6, 6.07) is 12.5. The Morgan fingerprint density at radius 1 is 1.14 bits per heavy atom. The van der Waals surface area contributed by atoms with Crippen molar-refractivity contribution in [2.75, 3.05) is 18.0 Å². The van der Waals surface area contributed by atoms with E-state index in [4.69, 9.17) is 4.74 Å². The molecular formula is C18H23N3O. The third-order valence-electron chi connectivity index (χ3n) is 4.15. The zero-order chi connectivity index (χ0) is 15.5. The van der Waals surface area contributed by atoms with Crippen LogP contribution in [0.4, 0.5) is 5.82 Å². The predicted octanol–water partition coefficient (Wildman–Crippen LogP) is 3.39. The minimum atomic E-state index is 0.0811. The van der Waals surface area contributed by atoms with Crippen molar-refractivity contribution in [3.8, 4) is 0 Å². The zero-order valence-corrected chi connectivity index (χ0v) is 13.4. The van der Waals surface area contributed by atoms with E-state index in [2.05, 4.69) is 53.0 Å². The summed E-state index contributed by atoms with van der Waals surface area (Å²) in [7, 11) is 0. The van der Waals surface area contributed by atoms with Gasteiger partial charge in [0.1, 0.15) is 18.2 Å². The van der Waals surface area contributed by atoms with Crippen LogP contribution < -0.4 is 4.90 Å². The molecule has 0 aliphatic carbocycles. The van der Waals surface area contributed by atoms with Crippen LogP contribution in [0.1, 0.15) is 31.2 Å². The van der Waals surface area contributed by atoms with Gasteiger partial charge < -0.3 is 9.64 Å². The molecule has 0 amide bonds. The third kappa shape index (κ3) is 3.28. The van der Waals surface area contributed by atoms with Gasteiger partial charge in [-0.15, -0.1) is 0 Å². The summed E-state index contributed by atoms with van der Waals surface area (Å²) in [6.07, 6.45) is 1.93. The molecule has 1 aliphatic heterocycles. The van der Waals surface area contributed by atoms with Gasteiger partial charge in [-0.25, -0.2) is 9.97 Å². The van der Waals surface area contributed by atoms with Crippen LogP contribution >= 0.6 is 0 Å². The van der Waals surface area contributed by atoms with Gasteiger partial charge in [-0.05, 0) is 18.4 Å². The van der Waals surface area contributed by atoms with E-state index in [0.717, 1.165) is 24.6 Å². The standard InChI is InChI=1S/C18H23N3O/c1-13(2)16-10-21(18-9-14(3)19-12-20-18)11-17(22-16)15-7-5-4-6-8-15/h4-9,12-13,16-17H,10-11H2,1-3H3/t16-,17+/m1/s1. The van der Waals surface area contributed by atoms with E-state index in [9.17, 15) is 0 Å². The summed E-state index contributed by atoms with van der Waals surface area (Å²) < 4.78 is 6.33. The summed E-state index contributed by atoms with van der Waals surface area (Å²) in [5, 5.41) is 0. The molecule has 116 valence electrons. The highest BCUT2D eigenvalue weighted by Gasteiger charge is 2.31. The first-order valence-corrected chi connectivity index (χ1v) is 7.87. The molecule has 0 spiro atoms. The Kier molecular flexibility index (Phi) is 4.39. The van der Waals surface area contributed by atoms with Gasteiger partial charge in [-0.2, -0.15) is 0 Å². The molecule has 2 atom stereocenters. The molecule has 1 aromatic heterocycles. The van der Waals surface area contributed by atoms with Crippen LogP contribution in [-0.2, 0) is 4.74 Å². The second-order valence-corrected chi connectivity index (χ2v) is 6.24. The Bertz CT molecular complexity index is 615. The highest BCUT2D eigenvalue weighted by atomic mass is 16.5. The van der Waals surface area contributed by atoms with Gasteiger partial charge in [0.15, 0.2) is 0 Å². The molecule has 4 nitrogen and oxygen atoms in total. The van der Waals surface area contributed by atoms with E-state index in [0.29, 0.717) is 5.92 Å². The van der Waals surface area contributed by atoms with Gasteiger partial charge >= 0.3 is 0 Å². The lowest BCUT2D eigenvalue weighted by Gasteiger charge is -2.40. The SMILES string of the molecule is Cc1cc(N2C[C@@H](c3ccccc3)O[C@@H](C(C)C)C2)ncn1. The molecule has 4 heteroatoms. The van der Waals surface area contributed by atoms with E-state index < -0.39 is 0 Å². The van der Waals surface area contributed by atoms with Gasteiger partial charge in [0.25, 0.3) is 0 Å². The van der Waals surface area contributed by atoms with Crippen LogP contribution in [0.2, 0.25) is 0 Å². The first kappa shape index (κ1) is 15.0. The maximum atomic E-state index is 6.33. The summed E-state index contributed by atoms with van der Waals surface area (Å²) >= 11 is 0. The van der Waals surface area contributed by atoms with Crippen molar-refractivity contribution < 1.29 is 4.74 Å². The molecule has 22 heavy (non-hydrogen) atoms. The Morgan fingerprint density at radius 2 is 1.91 bits per heavy atom. The topological polar surface area (TPSA) is 38.2 Å². The number of aryl methyl sites for hydroxylation is 1. The van der Waals surface area contributed by atoms with E-state index in [1.54, 1.807) is 6.33 Å². The first-order chi connectivity index (χ1) is 10.6. The number of rotatable bonds is 3. The number of nitrogens with zero attached hydrogens (tertiary/aromatic N) is 3. The first-order valence-electron chi connectivity index (χ1n) is 7.87. The smallest absolute Gasteiger partial charge is 0.132 e. The molecule has 0 N–H and O–H groups in total. The van der Waals surface area contributed by atoms with Gasteiger partial charge in [-0.1, -0.05) is 44.2 Å². The molecule has 0 saturated carbocycles. The number of morpholine rings is 1. The monoisotopic (exact) mass is 297 g/mol. The summed E-state index contributed by atoms with van der Waals surface area (Å²) in [5.41, 5.74) is 2.22. The van der Waals surface area contributed by atoms with Crippen molar-refractivity contribution >= 4 is 5.82 Å².